The summed E-state index contributed by atoms with van der Waals surface area (Å²) in [6.07, 6.45) is 3.39. The number of hydrogen-bond acceptors (Lipinski definition) is 3. The van der Waals surface area contributed by atoms with E-state index in [2.05, 4.69) is 18.8 Å². The van der Waals surface area contributed by atoms with Crippen LogP contribution in [0.3, 0.4) is 0 Å². The predicted molar refractivity (Wildman–Crippen MR) is 80.5 cm³/mol. The first kappa shape index (κ1) is 13.8. The third kappa shape index (κ3) is 3.44. The molecular weight excluding hydrogens is 264 g/mol. The van der Waals surface area contributed by atoms with Crippen molar-refractivity contribution in [3.05, 3.63) is 28.2 Å². The van der Waals surface area contributed by atoms with Crippen LogP contribution >= 0.6 is 22.9 Å². The highest BCUT2D eigenvalue weighted by atomic mass is 35.5. The molecule has 18 heavy (non-hydrogen) atoms. The van der Waals surface area contributed by atoms with Gasteiger partial charge in [-0.1, -0.05) is 24.9 Å². The number of hydrogen-bond donors (Lipinski definition) is 1. The Hall–Kier alpha value is -0.640. The summed E-state index contributed by atoms with van der Waals surface area (Å²) in [7, 11) is 0. The van der Waals surface area contributed by atoms with Crippen molar-refractivity contribution < 1.29 is 0 Å². The Balaban J connectivity index is 2.06. The SMILES string of the molecule is CC(N)CCCC(C)c1nc2cc(Cl)ccc2s1. The molecular formula is C14H19ClN2S. The summed E-state index contributed by atoms with van der Waals surface area (Å²) in [6.45, 7) is 4.30. The highest BCUT2D eigenvalue weighted by Gasteiger charge is 2.12. The van der Waals surface area contributed by atoms with Crippen molar-refractivity contribution in [1.82, 2.24) is 4.98 Å². The Morgan fingerprint density at radius 3 is 2.83 bits per heavy atom. The zero-order valence-corrected chi connectivity index (χ0v) is 12.4. The third-order valence-electron chi connectivity index (χ3n) is 3.08. The number of benzene rings is 1. The maximum absolute atomic E-state index is 5.98. The number of aromatic nitrogens is 1. The first-order chi connectivity index (χ1) is 8.56. The molecule has 0 fully saturated rings. The van der Waals surface area contributed by atoms with Crippen LogP contribution in [0.4, 0.5) is 0 Å². The molecule has 0 aliphatic heterocycles. The molecule has 0 bridgehead atoms. The fraction of sp³-hybridized carbons (Fsp3) is 0.500. The first-order valence-corrected chi connectivity index (χ1v) is 7.57. The van der Waals surface area contributed by atoms with E-state index < -0.39 is 0 Å². The molecule has 0 amide bonds. The van der Waals surface area contributed by atoms with Crippen molar-refractivity contribution in [3.63, 3.8) is 0 Å². The molecule has 2 rings (SSSR count). The number of thiazole rings is 1. The van der Waals surface area contributed by atoms with E-state index in [0.717, 1.165) is 29.8 Å². The fourth-order valence-electron chi connectivity index (χ4n) is 2.00. The van der Waals surface area contributed by atoms with Crippen LogP contribution in [0.5, 0.6) is 0 Å². The van der Waals surface area contributed by atoms with E-state index in [1.165, 1.54) is 9.71 Å². The van der Waals surface area contributed by atoms with Crippen LogP contribution in [0.25, 0.3) is 10.2 Å². The Bertz CT molecular complexity index is 521. The molecule has 0 spiro atoms. The van der Waals surface area contributed by atoms with Crippen molar-refractivity contribution in [2.45, 2.75) is 45.1 Å². The fourth-order valence-corrected chi connectivity index (χ4v) is 3.20. The molecule has 98 valence electrons. The quantitative estimate of drug-likeness (QED) is 0.872. The van der Waals surface area contributed by atoms with Gasteiger partial charge < -0.3 is 5.73 Å². The van der Waals surface area contributed by atoms with Crippen LogP contribution in [-0.4, -0.2) is 11.0 Å². The molecule has 0 aliphatic carbocycles. The van der Waals surface area contributed by atoms with Gasteiger partial charge in [0.25, 0.3) is 0 Å². The number of fused-ring (bicyclic) bond motifs is 1. The monoisotopic (exact) mass is 282 g/mol. The first-order valence-electron chi connectivity index (χ1n) is 6.38. The van der Waals surface area contributed by atoms with E-state index in [4.69, 9.17) is 17.3 Å². The van der Waals surface area contributed by atoms with Crippen LogP contribution in [0.2, 0.25) is 5.02 Å². The van der Waals surface area contributed by atoms with Gasteiger partial charge in [0, 0.05) is 17.0 Å². The lowest BCUT2D eigenvalue weighted by Gasteiger charge is -2.09. The predicted octanol–water partition coefficient (Wildman–Crippen LogP) is 4.57. The van der Waals surface area contributed by atoms with Gasteiger partial charge in [0.05, 0.1) is 15.2 Å². The van der Waals surface area contributed by atoms with Crippen LogP contribution in [-0.2, 0) is 0 Å². The van der Waals surface area contributed by atoms with E-state index in [1.807, 2.05) is 18.2 Å². The number of halogens is 1. The maximum Gasteiger partial charge on any atom is 0.0966 e. The van der Waals surface area contributed by atoms with Crippen LogP contribution in [0.1, 0.15) is 44.0 Å². The normalized spacial score (nSPS) is 14.9. The average Bonchev–Trinajstić information content (AvgIpc) is 2.71. The Morgan fingerprint density at radius 1 is 1.33 bits per heavy atom. The van der Waals surface area contributed by atoms with Crippen molar-refractivity contribution in [2.75, 3.05) is 0 Å². The van der Waals surface area contributed by atoms with Crippen LogP contribution in [0.15, 0.2) is 18.2 Å². The highest BCUT2D eigenvalue weighted by Crippen LogP contribution is 2.31. The van der Waals surface area contributed by atoms with Gasteiger partial charge in [0.1, 0.15) is 0 Å². The minimum absolute atomic E-state index is 0.298. The summed E-state index contributed by atoms with van der Waals surface area (Å²) in [4.78, 5) is 4.67. The standard InChI is InChI=1S/C14H19ClN2S/c1-9(4-3-5-10(2)16)14-17-12-8-11(15)6-7-13(12)18-14/h6-10H,3-5,16H2,1-2H3. The minimum atomic E-state index is 0.298. The molecule has 2 N–H and O–H groups in total. The topological polar surface area (TPSA) is 38.9 Å². The molecule has 1 aromatic carbocycles. The van der Waals surface area contributed by atoms with Crippen molar-refractivity contribution in [1.29, 1.82) is 0 Å². The minimum Gasteiger partial charge on any atom is -0.328 e. The second-order valence-electron chi connectivity index (χ2n) is 4.97. The molecule has 1 aromatic heterocycles. The summed E-state index contributed by atoms with van der Waals surface area (Å²) >= 11 is 7.75. The lowest BCUT2D eigenvalue weighted by atomic mass is 10.0. The molecule has 2 atom stereocenters. The summed E-state index contributed by atoms with van der Waals surface area (Å²) in [5, 5.41) is 1.96. The van der Waals surface area contributed by atoms with E-state index in [9.17, 15) is 0 Å². The Labute approximate surface area is 117 Å². The lowest BCUT2D eigenvalue weighted by molar-refractivity contribution is 0.556. The van der Waals surface area contributed by atoms with E-state index in [0.29, 0.717) is 12.0 Å². The van der Waals surface area contributed by atoms with Gasteiger partial charge in [-0.3, -0.25) is 0 Å². The van der Waals surface area contributed by atoms with Crippen molar-refractivity contribution in [2.24, 2.45) is 5.73 Å². The molecule has 2 unspecified atom stereocenters. The zero-order valence-electron chi connectivity index (χ0n) is 10.8. The number of nitrogens with two attached hydrogens (primary N) is 1. The number of rotatable bonds is 5. The smallest absolute Gasteiger partial charge is 0.0966 e. The average molecular weight is 283 g/mol. The van der Waals surface area contributed by atoms with Gasteiger partial charge in [-0.2, -0.15) is 0 Å². The maximum atomic E-state index is 5.98. The van der Waals surface area contributed by atoms with Gasteiger partial charge in [0.15, 0.2) is 0 Å². The van der Waals surface area contributed by atoms with Gasteiger partial charge in [-0.05, 0) is 38.0 Å². The third-order valence-corrected chi connectivity index (χ3v) is 4.59. The van der Waals surface area contributed by atoms with Crippen LogP contribution in [0, 0.1) is 0 Å². The molecule has 0 aliphatic rings. The molecule has 2 nitrogen and oxygen atoms in total. The summed E-state index contributed by atoms with van der Waals surface area (Å²) in [6, 6.07) is 6.21. The van der Waals surface area contributed by atoms with E-state index in [-0.39, 0.29) is 0 Å². The molecule has 2 aromatic rings. The van der Waals surface area contributed by atoms with Gasteiger partial charge in [-0.15, -0.1) is 11.3 Å². The largest absolute Gasteiger partial charge is 0.328 e. The van der Waals surface area contributed by atoms with Crippen LogP contribution < -0.4 is 5.73 Å². The van der Waals surface area contributed by atoms with E-state index in [1.54, 1.807) is 11.3 Å². The Kier molecular flexibility index (Phi) is 4.60. The van der Waals surface area contributed by atoms with Crippen molar-refractivity contribution in [3.8, 4) is 0 Å². The zero-order chi connectivity index (χ0) is 13.1. The van der Waals surface area contributed by atoms with Gasteiger partial charge in [0.2, 0.25) is 0 Å². The Morgan fingerprint density at radius 2 is 2.11 bits per heavy atom. The van der Waals surface area contributed by atoms with Gasteiger partial charge in [-0.25, -0.2) is 4.98 Å². The second kappa shape index (κ2) is 6.00. The summed E-state index contributed by atoms with van der Waals surface area (Å²) < 4.78 is 1.22. The second-order valence-corrected chi connectivity index (χ2v) is 6.47. The van der Waals surface area contributed by atoms with Gasteiger partial charge >= 0.3 is 0 Å². The highest BCUT2D eigenvalue weighted by molar-refractivity contribution is 7.18. The summed E-state index contributed by atoms with van der Waals surface area (Å²) in [5.74, 6) is 0.500. The molecule has 0 radical (unpaired) electrons. The molecule has 1 heterocycles. The van der Waals surface area contributed by atoms with Crippen molar-refractivity contribution >= 4 is 33.2 Å². The van der Waals surface area contributed by atoms with E-state index >= 15 is 0 Å². The lowest BCUT2D eigenvalue weighted by Crippen LogP contribution is -2.14. The molecule has 0 saturated carbocycles. The molecule has 4 heteroatoms. The number of nitrogens with zero attached hydrogens (tertiary/aromatic N) is 1. The molecule has 0 saturated heterocycles. The summed E-state index contributed by atoms with van der Waals surface area (Å²) in [5.41, 5.74) is 6.78.